The molecule has 5 saturated heterocycles. The van der Waals surface area contributed by atoms with Gasteiger partial charge in [-0.15, -0.1) is 0 Å². The predicted molar refractivity (Wildman–Crippen MR) is 478 cm³/mol. The Hall–Kier alpha value is -9.02. The molecule has 6 heterocycles. The highest BCUT2D eigenvalue weighted by Gasteiger charge is 2.40. The van der Waals surface area contributed by atoms with Crippen molar-refractivity contribution in [2.75, 3.05) is 87.9 Å². The number of amides is 1. The summed E-state index contributed by atoms with van der Waals surface area (Å²) in [4.78, 5) is 14.1. The number of ether oxygens (including phenoxy) is 13. The molecule has 0 aliphatic carbocycles. The van der Waals surface area contributed by atoms with Gasteiger partial charge in [-0.05, 0) is 198 Å². The minimum atomic E-state index is -3.50. The summed E-state index contributed by atoms with van der Waals surface area (Å²) in [5.74, 6) is 1.68. The summed E-state index contributed by atoms with van der Waals surface area (Å²) >= 11 is 0. The summed E-state index contributed by atoms with van der Waals surface area (Å²) < 4.78 is 109. The number of rotatable bonds is 28. The third-order valence-electron chi connectivity index (χ3n) is 22.5. The van der Waals surface area contributed by atoms with Crippen molar-refractivity contribution in [1.29, 1.82) is 10.5 Å². The molecule has 1 amide bonds. The van der Waals surface area contributed by atoms with Gasteiger partial charge in [-0.1, -0.05) is 99.6 Å². The molecule has 0 saturated carbocycles. The molecule has 0 bridgehead atoms. The van der Waals surface area contributed by atoms with Crippen LogP contribution in [0.15, 0.2) is 146 Å². The van der Waals surface area contributed by atoms with Gasteiger partial charge in [0.2, 0.25) is 5.91 Å². The van der Waals surface area contributed by atoms with E-state index in [1.54, 1.807) is 65.9 Å². The van der Waals surface area contributed by atoms with Crippen molar-refractivity contribution in [3.63, 3.8) is 0 Å². The van der Waals surface area contributed by atoms with Crippen LogP contribution in [0.3, 0.4) is 0 Å². The molecular formula is C96H131N5O21SSi. The third-order valence-corrected chi connectivity index (χ3v) is 27.5. The van der Waals surface area contributed by atoms with Gasteiger partial charge in [-0.2, -0.15) is 18.9 Å². The average molecular weight is 1750 g/mol. The number of aromatic hydroxyl groups is 1. The van der Waals surface area contributed by atoms with Gasteiger partial charge in [0.25, 0.3) is 10.1 Å². The zero-order valence-corrected chi connectivity index (χ0v) is 77.7. The number of nitriles is 2. The van der Waals surface area contributed by atoms with Crippen LogP contribution in [-0.4, -0.2) is 183 Å². The maximum Gasteiger partial charge on any atom is 0.264 e. The van der Waals surface area contributed by atoms with Crippen LogP contribution in [0.25, 0.3) is 10.9 Å². The lowest BCUT2D eigenvalue weighted by atomic mass is 9.98. The second-order valence-corrected chi connectivity index (χ2v) is 40.9. The summed E-state index contributed by atoms with van der Waals surface area (Å²) in [6.07, 6.45) is 9.58. The van der Waals surface area contributed by atoms with Crippen molar-refractivity contribution >= 4 is 35.2 Å². The number of carbonyl (C=O) groups excluding carboxylic acids is 1. The number of phenols is 1. The van der Waals surface area contributed by atoms with Crippen molar-refractivity contribution in [3.05, 3.63) is 212 Å². The number of fused-ring (bicyclic) bond motifs is 1. The van der Waals surface area contributed by atoms with Crippen LogP contribution in [0.5, 0.6) is 34.5 Å². The Bertz CT molecular complexity index is 4940. The topological polar surface area (TPSA) is 332 Å². The largest absolute Gasteiger partial charge is 0.508 e. The molecule has 124 heavy (non-hydrogen) atoms. The lowest BCUT2D eigenvalue weighted by Crippen LogP contribution is -2.40. The number of methoxy groups -OCH3 is 5. The fourth-order valence-corrected chi connectivity index (χ4v) is 16.4. The number of hydrogen-bond donors (Lipinski definition) is 4. The number of aliphatic hydroxyl groups is 2. The number of carbonyl (C=O) groups is 1. The second-order valence-electron chi connectivity index (χ2n) is 34.5. The first kappa shape index (κ1) is 100. The van der Waals surface area contributed by atoms with Gasteiger partial charge in [0.05, 0.1) is 144 Å². The Balaban J connectivity index is 0.000000189. The van der Waals surface area contributed by atoms with Gasteiger partial charge in [-0.25, -0.2) is 0 Å². The van der Waals surface area contributed by atoms with Crippen molar-refractivity contribution in [2.24, 2.45) is 5.73 Å². The Morgan fingerprint density at radius 2 is 0.919 bits per heavy atom. The molecule has 13 rings (SSSR count). The number of phenolic OH excluding ortho intramolecular Hbond substituents is 1. The minimum Gasteiger partial charge on any atom is -0.508 e. The summed E-state index contributed by atoms with van der Waals surface area (Å²) in [7, 11) is 2.96. The minimum absolute atomic E-state index is 0.00148. The Kier molecular flexibility index (Phi) is 37.2. The lowest BCUT2D eigenvalue weighted by Gasteiger charge is -2.36. The highest BCUT2D eigenvalue weighted by atomic mass is 32.2. The van der Waals surface area contributed by atoms with Crippen LogP contribution in [0.1, 0.15) is 167 Å². The molecule has 7 aromatic carbocycles. The van der Waals surface area contributed by atoms with Gasteiger partial charge in [0.1, 0.15) is 34.5 Å². The maximum atomic E-state index is 11.6. The van der Waals surface area contributed by atoms with Gasteiger partial charge < -0.3 is 96.5 Å². The predicted octanol–water partition coefficient (Wildman–Crippen LogP) is 15.7. The highest BCUT2D eigenvalue weighted by molar-refractivity contribution is 7.85. The molecule has 5 fully saturated rings. The molecule has 676 valence electrons. The van der Waals surface area contributed by atoms with Crippen molar-refractivity contribution < 1.29 is 98.7 Å². The molecule has 5 aliphatic rings. The first-order valence-electron chi connectivity index (χ1n) is 42.0. The molecule has 5 N–H and O–H groups in total. The second kappa shape index (κ2) is 45.9. The fourth-order valence-electron chi connectivity index (χ4n) is 15.1. The summed E-state index contributed by atoms with van der Waals surface area (Å²) in [5, 5.41) is 46.1. The molecule has 26 nitrogen and oxygen atoms in total. The van der Waals surface area contributed by atoms with Crippen LogP contribution in [0.2, 0.25) is 18.1 Å². The number of piperidine rings is 1. The first-order valence-corrected chi connectivity index (χ1v) is 46.8. The van der Waals surface area contributed by atoms with Gasteiger partial charge in [0.15, 0.2) is 31.5 Å². The summed E-state index contributed by atoms with van der Waals surface area (Å²) in [6, 6.07) is 48.2. The molecule has 5 aliphatic heterocycles. The summed E-state index contributed by atoms with van der Waals surface area (Å²) in [6.45, 7) is 32.4. The van der Waals surface area contributed by atoms with Gasteiger partial charge in [0, 0.05) is 90.9 Å². The molecule has 28 heteroatoms. The van der Waals surface area contributed by atoms with Gasteiger partial charge >= 0.3 is 0 Å². The standard InChI is InChI=1S/C25H28N4O2.C20H34O4Si.C15H19NO3.C15H22O6S.C14H20O4.C7H8O2/c1-31-24-4-2-3-18(7-12-26)22(24)11-15-28-13-9-21(10-14-28)29-16-8-19-5-6-20(25(27)30)17-23(19)29;1-19(2,3)25(7,8)23-13-15-10-9-11-18(21-6)17(15)12-16-14-22-20(4,5)24-16;1-15(2)18-10-12(19-15)9-13-11(7-8-16)5-4-6-14(13)17-3;1-15(2)19-10-12(21-15)8-13-11(9-20-22(4,16)17)6-5-7-14(13)18-3;1-14(2)17-9-11(18-14)7-12-10(8-15)5-4-6-13(12)16-3;8-5-6-2-1-3-7(9)4-6/h2-6,8,16-17,21H,7,9-11,13-15H2,1H3,(H2,27,30);9-11,16H,12-14H2,1-8H3;4-6,12H,7,9-10H2,1-3H3;5-7,12H,8-10H2,1-4H3;4-6,11,15H,7-9H2,1-3H3;1-4,8-9H,5H2. The zero-order valence-electron chi connectivity index (χ0n) is 75.8. The van der Waals surface area contributed by atoms with E-state index < -0.39 is 47.5 Å². The van der Waals surface area contributed by atoms with E-state index >= 15 is 0 Å². The van der Waals surface area contributed by atoms with Crippen molar-refractivity contribution in [2.45, 2.75) is 232 Å². The monoisotopic (exact) mass is 1750 g/mol. The van der Waals surface area contributed by atoms with E-state index in [2.05, 4.69) is 73.8 Å². The lowest BCUT2D eigenvalue weighted by molar-refractivity contribution is -0.138. The third kappa shape index (κ3) is 30.1. The Morgan fingerprint density at radius 1 is 0.532 bits per heavy atom. The molecule has 4 unspecified atom stereocenters. The number of nitrogens with two attached hydrogens (primary N) is 1. The number of primary amides is 1. The van der Waals surface area contributed by atoms with Crippen LogP contribution < -0.4 is 29.4 Å². The molecule has 0 spiro atoms. The number of nitrogens with zero attached hydrogens (tertiary/aromatic N) is 4. The van der Waals surface area contributed by atoms with E-state index in [-0.39, 0.29) is 55.0 Å². The Morgan fingerprint density at radius 3 is 1.28 bits per heavy atom. The van der Waals surface area contributed by atoms with E-state index in [1.165, 1.54) is 11.6 Å². The first-order chi connectivity index (χ1) is 58.7. The van der Waals surface area contributed by atoms with E-state index in [0.29, 0.717) is 82.5 Å². The molecular weight excluding hydrogens is 1620 g/mol. The van der Waals surface area contributed by atoms with Gasteiger partial charge in [-0.3, -0.25) is 8.98 Å². The zero-order chi connectivity index (χ0) is 90.8. The van der Waals surface area contributed by atoms with E-state index in [1.807, 2.05) is 146 Å². The smallest absolute Gasteiger partial charge is 0.264 e. The van der Waals surface area contributed by atoms with Crippen LogP contribution >= 0.6 is 0 Å². The quantitative estimate of drug-likeness (QED) is 0.0261. The SMILES string of the molecule is COc1cccc(CC#N)c1CC1COC(C)(C)O1.COc1cccc(CC#N)c1CCN1CCC(n2ccc3ccc(C(N)=O)cc32)CC1.COc1cccc(CO)c1CC1COC(C)(C)O1.COc1cccc(COS(C)(=O)=O)c1CC1COC(C)(C)O1.COc1cccc(CO[Si](C)(C)C(C)(C)C)c1CC1COC(C)(C)O1.OCc1cccc(O)c1. The summed E-state index contributed by atoms with van der Waals surface area (Å²) in [5.41, 5.74) is 17.9. The normalized spacial score (nSPS) is 18.8. The number of aliphatic hydroxyl groups excluding tert-OH is 2. The number of benzene rings is 7. The van der Waals surface area contributed by atoms with E-state index in [0.717, 1.165) is 141 Å². The number of hydrogen-bond acceptors (Lipinski definition) is 24. The Labute approximate surface area is 734 Å². The maximum absolute atomic E-state index is 11.6. The van der Waals surface area contributed by atoms with Crippen molar-refractivity contribution in [3.8, 4) is 46.6 Å². The average Bonchev–Trinajstić information content (AvgIpc) is 1.55. The van der Waals surface area contributed by atoms with Crippen LogP contribution in [0.4, 0.5) is 0 Å². The molecule has 1 aromatic heterocycles. The molecule has 4 atom stereocenters. The molecule has 8 aromatic rings. The highest BCUT2D eigenvalue weighted by Crippen LogP contribution is 2.40. The van der Waals surface area contributed by atoms with E-state index in [9.17, 15) is 18.3 Å². The van der Waals surface area contributed by atoms with E-state index in [4.69, 9.17) is 96.7 Å². The van der Waals surface area contributed by atoms with Crippen molar-refractivity contribution in [1.82, 2.24) is 9.47 Å². The fraction of sp³-hybridized carbons (Fsp3) is 0.510. The van der Waals surface area contributed by atoms with Crippen LogP contribution in [0, 0.1) is 22.7 Å². The number of aromatic nitrogens is 1. The van der Waals surface area contributed by atoms with Crippen LogP contribution in [-0.2, 0) is 128 Å². The number of likely N-dealkylation sites (tertiary alicyclic amines) is 1. The molecule has 0 radical (unpaired) electrons.